The van der Waals surface area contributed by atoms with Crippen molar-refractivity contribution < 1.29 is 0 Å². The van der Waals surface area contributed by atoms with Crippen LogP contribution < -0.4 is 5.73 Å². The van der Waals surface area contributed by atoms with Gasteiger partial charge in [-0.15, -0.1) is 0 Å². The first-order chi connectivity index (χ1) is 9.22. The smallest absolute Gasteiger partial charge is 0.0247 e. The molecule has 0 saturated heterocycles. The summed E-state index contributed by atoms with van der Waals surface area (Å²) in [5, 5.41) is 0. The van der Waals surface area contributed by atoms with Crippen LogP contribution in [0.4, 0.5) is 0 Å². The number of likely N-dealkylation sites (N-methyl/N-ethyl adjacent to an activating group) is 1. The summed E-state index contributed by atoms with van der Waals surface area (Å²) in [6, 6.07) is 8.99. The summed E-state index contributed by atoms with van der Waals surface area (Å²) < 4.78 is 1.20. The van der Waals surface area contributed by atoms with E-state index >= 15 is 0 Å². The number of benzene rings is 1. The van der Waals surface area contributed by atoms with Crippen LogP contribution in [0.15, 0.2) is 28.7 Å². The minimum atomic E-state index is 0.521. The second-order valence-electron chi connectivity index (χ2n) is 5.71. The van der Waals surface area contributed by atoms with Crippen molar-refractivity contribution >= 4 is 15.9 Å². The minimum Gasteiger partial charge on any atom is -0.329 e. The summed E-state index contributed by atoms with van der Waals surface area (Å²) in [7, 11) is 2.21. The molecule has 0 amide bonds. The Labute approximate surface area is 125 Å². The van der Waals surface area contributed by atoms with E-state index in [0.29, 0.717) is 6.04 Å². The van der Waals surface area contributed by atoms with Gasteiger partial charge in [0.2, 0.25) is 0 Å². The molecular formula is C16H25BrN2. The number of hydrogen-bond acceptors (Lipinski definition) is 2. The fourth-order valence-corrected chi connectivity index (χ4v) is 3.67. The van der Waals surface area contributed by atoms with E-state index in [1.165, 1.54) is 42.1 Å². The van der Waals surface area contributed by atoms with Crippen molar-refractivity contribution in [3.63, 3.8) is 0 Å². The molecule has 0 spiro atoms. The van der Waals surface area contributed by atoms with Gasteiger partial charge in [0.25, 0.3) is 0 Å². The molecule has 0 bridgehead atoms. The van der Waals surface area contributed by atoms with Crippen LogP contribution >= 0.6 is 15.9 Å². The molecule has 2 rings (SSSR count). The fraction of sp³-hybridized carbons (Fsp3) is 0.625. The molecule has 1 atom stereocenters. The summed E-state index contributed by atoms with van der Waals surface area (Å²) in [5.41, 5.74) is 7.39. The van der Waals surface area contributed by atoms with Crippen LogP contribution in [-0.2, 0) is 6.54 Å². The summed E-state index contributed by atoms with van der Waals surface area (Å²) in [5.74, 6) is 0.784. The van der Waals surface area contributed by atoms with E-state index in [9.17, 15) is 0 Å². The van der Waals surface area contributed by atoms with E-state index < -0.39 is 0 Å². The monoisotopic (exact) mass is 324 g/mol. The van der Waals surface area contributed by atoms with E-state index in [1.54, 1.807) is 0 Å². The van der Waals surface area contributed by atoms with E-state index in [0.717, 1.165) is 19.0 Å². The van der Waals surface area contributed by atoms with Gasteiger partial charge in [-0.05, 0) is 37.4 Å². The third-order valence-corrected chi connectivity index (χ3v) is 5.15. The number of hydrogen-bond donors (Lipinski definition) is 1. The second-order valence-corrected chi connectivity index (χ2v) is 6.56. The molecule has 3 heteroatoms. The van der Waals surface area contributed by atoms with Gasteiger partial charge in [0, 0.05) is 23.6 Å². The van der Waals surface area contributed by atoms with Gasteiger partial charge < -0.3 is 5.73 Å². The molecule has 1 saturated carbocycles. The molecule has 0 aliphatic heterocycles. The Morgan fingerprint density at radius 2 is 1.95 bits per heavy atom. The molecule has 1 aromatic carbocycles. The van der Waals surface area contributed by atoms with E-state index in [-0.39, 0.29) is 0 Å². The van der Waals surface area contributed by atoms with Crippen LogP contribution in [0, 0.1) is 5.92 Å². The van der Waals surface area contributed by atoms with E-state index in [4.69, 9.17) is 5.73 Å². The lowest BCUT2D eigenvalue weighted by molar-refractivity contribution is 0.143. The van der Waals surface area contributed by atoms with Gasteiger partial charge >= 0.3 is 0 Å². The maximum atomic E-state index is 6.04. The third kappa shape index (κ3) is 4.04. The van der Waals surface area contributed by atoms with Gasteiger partial charge in [0.05, 0.1) is 0 Å². The second kappa shape index (κ2) is 7.41. The highest BCUT2D eigenvalue weighted by Gasteiger charge is 2.25. The molecule has 0 radical (unpaired) electrons. The van der Waals surface area contributed by atoms with Crippen molar-refractivity contribution in [1.29, 1.82) is 0 Å². The molecule has 1 unspecified atom stereocenters. The molecule has 1 aromatic rings. The molecule has 2 nitrogen and oxygen atoms in total. The highest BCUT2D eigenvalue weighted by Crippen LogP contribution is 2.29. The van der Waals surface area contributed by atoms with Crippen LogP contribution in [0.5, 0.6) is 0 Å². The highest BCUT2D eigenvalue weighted by molar-refractivity contribution is 9.10. The predicted octanol–water partition coefficient (Wildman–Crippen LogP) is 3.79. The third-order valence-electron chi connectivity index (χ3n) is 4.38. The largest absolute Gasteiger partial charge is 0.329 e. The van der Waals surface area contributed by atoms with Gasteiger partial charge in [-0.1, -0.05) is 53.4 Å². The Kier molecular flexibility index (Phi) is 5.86. The highest BCUT2D eigenvalue weighted by atomic mass is 79.9. The van der Waals surface area contributed by atoms with Gasteiger partial charge in [-0.3, -0.25) is 4.90 Å². The first-order valence-electron chi connectivity index (χ1n) is 7.36. The van der Waals surface area contributed by atoms with Crippen molar-refractivity contribution in [2.24, 2.45) is 11.7 Å². The van der Waals surface area contributed by atoms with Crippen LogP contribution in [-0.4, -0.2) is 24.5 Å². The van der Waals surface area contributed by atoms with Gasteiger partial charge in [-0.2, -0.15) is 0 Å². The summed E-state index contributed by atoms with van der Waals surface area (Å²) >= 11 is 3.63. The van der Waals surface area contributed by atoms with Gasteiger partial charge in [0.1, 0.15) is 0 Å². The Morgan fingerprint density at radius 3 is 2.58 bits per heavy atom. The Bertz CT molecular complexity index is 388. The van der Waals surface area contributed by atoms with Gasteiger partial charge in [-0.25, -0.2) is 0 Å². The zero-order valence-electron chi connectivity index (χ0n) is 11.8. The zero-order chi connectivity index (χ0) is 13.7. The fourth-order valence-electron chi connectivity index (χ4n) is 3.26. The standard InChI is InChI=1S/C16H25BrN2/c1-19(12-14-9-5-6-10-15(14)17)16(11-18)13-7-3-2-4-8-13/h5-6,9-10,13,16H,2-4,7-8,11-12,18H2,1H3. The first-order valence-corrected chi connectivity index (χ1v) is 8.15. The van der Waals surface area contributed by atoms with E-state index in [1.807, 2.05) is 0 Å². The topological polar surface area (TPSA) is 29.3 Å². The molecule has 1 aliphatic rings. The van der Waals surface area contributed by atoms with Crippen LogP contribution in [0.1, 0.15) is 37.7 Å². The lowest BCUT2D eigenvalue weighted by Gasteiger charge is -2.36. The van der Waals surface area contributed by atoms with Gasteiger partial charge in [0.15, 0.2) is 0 Å². The molecule has 0 heterocycles. The van der Waals surface area contributed by atoms with Crippen LogP contribution in [0.3, 0.4) is 0 Å². The molecular weight excluding hydrogens is 300 g/mol. The number of halogens is 1. The normalized spacial score (nSPS) is 18.7. The molecule has 0 aromatic heterocycles. The SMILES string of the molecule is CN(Cc1ccccc1Br)C(CN)C1CCCCC1. The number of rotatable bonds is 5. The van der Waals surface area contributed by atoms with Crippen molar-refractivity contribution in [1.82, 2.24) is 4.90 Å². The lowest BCUT2D eigenvalue weighted by atomic mass is 9.83. The summed E-state index contributed by atoms with van der Waals surface area (Å²) in [6.07, 6.45) is 6.86. The Balaban J connectivity index is 2.00. The van der Waals surface area contributed by atoms with E-state index in [2.05, 4.69) is 52.1 Å². The number of nitrogens with two attached hydrogens (primary N) is 1. The molecule has 2 N–H and O–H groups in total. The maximum absolute atomic E-state index is 6.04. The summed E-state index contributed by atoms with van der Waals surface area (Å²) in [4.78, 5) is 2.44. The van der Waals surface area contributed by atoms with Crippen molar-refractivity contribution in [2.45, 2.75) is 44.7 Å². The Morgan fingerprint density at radius 1 is 1.26 bits per heavy atom. The average Bonchev–Trinajstić information content (AvgIpc) is 2.43. The van der Waals surface area contributed by atoms with Crippen molar-refractivity contribution in [3.05, 3.63) is 34.3 Å². The lowest BCUT2D eigenvalue weighted by Crippen LogP contribution is -2.43. The quantitative estimate of drug-likeness (QED) is 0.892. The predicted molar refractivity (Wildman–Crippen MR) is 85.0 cm³/mol. The summed E-state index contributed by atoms with van der Waals surface area (Å²) in [6.45, 7) is 1.74. The Hall–Kier alpha value is -0.380. The first kappa shape index (κ1) is 15.0. The van der Waals surface area contributed by atoms with Crippen LogP contribution in [0.2, 0.25) is 0 Å². The average molecular weight is 325 g/mol. The molecule has 106 valence electrons. The molecule has 1 fully saturated rings. The minimum absolute atomic E-state index is 0.521. The van der Waals surface area contributed by atoms with Crippen molar-refractivity contribution in [2.75, 3.05) is 13.6 Å². The maximum Gasteiger partial charge on any atom is 0.0247 e. The zero-order valence-corrected chi connectivity index (χ0v) is 13.4. The molecule has 19 heavy (non-hydrogen) atoms. The molecule has 1 aliphatic carbocycles. The number of nitrogens with zero attached hydrogens (tertiary/aromatic N) is 1. The van der Waals surface area contributed by atoms with Crippen LogP contribution in [0.25, 0.3) is 0 Å². The van der Waals surface area contributed by atoms with Crippen molar-refractivity contribution in [3.8, 4) is 0 Å².